The fourth-order valence-electron chi connectivity index (χ4n) is 4.83. The summed E-state index contributed by atoms with van der Waals surface area (Å²) in [6, 6.07) is 0. The molecule has 2 nitrogen and oxygen atoms in total. The number of aliphatic hydroxyl groups excluding tert-OH is 1. The molecule has 1 atom stereocenters. The van der Waals surface area contributed by atoms with Gasteiger partial charge in [-0.1, -0.05) is 149 Å². The Kier molecular flexibility index (Phi) is 27.6. The number of aliphatic hydroxyl groups is 1. The summed E-state index contributed by atoms with van der Waals surface area (Å²) < 4.78 is 0. The summed E-state index contributed by atoms with van der Waals surface area (Å²) in [6.07, 6.45) is 33.3. The predicted molar refractivity (Wildman–Crippen MR) is 147 cm³/mol. The summed E-state index contributed by atoms with van der Waals surface area (Å²) in [7, 11) is 0. The number of hydrogen-bond donors (Lipinski definition) is 1. The summed E-state index contributed by atoms with van der Waals surface area (Å²) in [4.78, 5) is 12.1. The smallest absolute Gasteiger partial charge is 0.132 e. The Morgan fingerprint density at radius 1 is 0.455 bits per heavy atom. The van der Waals surface area contributed by atoms with E-state index in [1.54, 1.807) is 0 Å². The Morgan fingerprint density at radius 2 is 0.727 bits per heavy atom. The van der Waals surface area contributed by atoms with E-state index in [9.17, 15) is 9.90 Å². The highest BCUT2D eigenvalue weighted by Gasteiger charge is 2.05. The van der Waals surface area contributed by atoms with Gasteiger partial charge in [0.15, 0.2) is 0 Å². The third-order valence-corrected chi connectivity index (χ3v) is 7.19. The molecular formula is C31H62O2. The summed E-state index contributed by atoms with van der Waals surface area (Å²) in [5, 5.41) is 10.1. The molecule has 33 heavy (non-hydrogen) atoms. The van der Waals surface area contributed by atoms with E-state index in [4.69, 9.17) is 0 Å². The van der Waals surface area contributed by atoms with E-state index in [1.165, 1.54) is 122 Å². The normalized spacial score (nSPS) is 12.3. The van der Waals surface area contributed by atoms with Crippen molar-refractivity contribution in [1.82, 2.24) is 0 Å². The molecule has 0 aliphatic rings. The largest absolute Gasteiger partial charge is 0.393 e. The molecule has 0 aromatic heterocycles. The van der Waals surface area contributed by atoms with Crippen LogP contribution in [0.4, 0.5) is 0 Å². The zero-order chi connectivity index (χ0) is 24.2. The highest BCUT2D eigenvalue weighted by Crippen LogP contribution is 2.15. The Balaban J connectivity index is 3.25. The Hall–Kier alpha value is -0.370. The second-order valence-electron chi connectivity index (χ2n) is 10.7. The Morgan fingerprint density at radius 3 is 1.09 bits per heavy atom. The van der Waals surface area contributed by atoms with Crippen molar-refractivity contribution in [3.8, 4) is 0 Å². The topological polar surface area (TPSA) is 37.3 Å². The summed E-state index contributed by atoms with van der Waals surface area (Å²) in [5.41, 5.74) is 0. The first-order valence-electron chi connectivity index (χ1n) is 15.4. The van der Waals surface area contributed by atoms with Gasteiger partial charge in [-0.2, -0.15) is 0 Å². The molecule has 0 saturated carbocycles. The zero-order valence-electron chi connectivity index (χ0n) is 23.0. The van der Waals surface area contributed by atoms with Gasteiger partial charge < -0.3 is 5.11 Å². The lowest BCUT2D eigenvalue weighted by Crippen LogP contribution is -2.06. The molecule has 198 valence electrons. The molecule has 0 unspecified atom stereocenters. The first kappa shape index (κ1) is 32.6. The molecule has 0 aromatic rings. The van der Waals surface area contributed by atoms with Crippen molar-refractivity contribution in [3.05, 3.63) is 0 Å². The number of unbranched alkanes of at least 4 members (excludes halogenated alkanes) is 20. The van der Waals surface area contributed by atoms with Gasteiger partial charge in [0, 0.05) is 12.8 Å². The van der Waals surface area contributed by atoms with Crippen LogP contribution in [-0.4, -0.2) is 17.0 Å². The predicted octanol–water partition coefficient (Wildman–Crippen LogP) is 10.5. The molecule has 0 fully saturated rings. The van der Waals surface area contributed by atoms with Gasteiger partial charge in [-0.05, 0) is 25.7 Å². The van der Waals surface area contributed by atoms with Crippen LogP contribution >= 0.6 is 0 Å². The highest BCUT2D eigenvalue weighted by molar-refractivity contribution is 5.78. The van der Waals surface area contributed by atoms with Gasteiger partial charge in [-0.3, -0.25) is 4.79 Å². The van der Waals surface area contributed by atoms with E-state index in [0.29, 0.717) is 5.78 Å². The van der Waals surface area contributed by atoms with E-state index in [0.717, 1.165) is 51.4 Å². The van der Waals surface area contributed by atoms with Crippen molar-refractivity contribution in [2.75, 3.05) is 0 Å². The number of ketones is 1. The van der Waals surface area contributed by atoms with Crippen LogP contribution in [0.3, 0.4) is 0 Å². The lowest BCUT2D eigenvalue weighted by Gasteiger charge is -2.10. The van der Waals surface area contributed by atoms with Crippen molar-refractivity contribution < 1.29 is 9.90 Å². The van der Waals surface area contributed by atoms with Crippen LogP contribution in [0.2, 0.25) is 0 Å². The van der Waals surface area contributed by atoms with Crippen LogP contribution in [0.5, 0.6) is 0 Å². The maximum Gasteiger partial charge on any atom is 0.132 e. The van der Waals surface area contributed by atoms with E-state index < -0.39 is 0 Å². The minimum Gasteiger partial charge on any atom is -0.393 e. The average molecular weight is 467 g/mol. The number of carbonyl (C=O) groups is 1. The minimum atomic E-state index is -0.123. The molecule has 0 radical (unpaired) electrons. The molecule has 0 amide bonds. The third-order valence-electron chi connectivity index (χ3n) is 7.19. The Labute approximate surface area is 209 Å². The average Bonchev–Trinajstić information content (AvgIpc) is 2.81. The maximum absolute atomic E-state index is 12.1. The van der Waals surface area contributed by atoms with Crippen molar-refractivity contribution in [1.29, 1.82) is 0 Å². The van der Waals surface area contributed by atoms with Crippen LogP contribution in [0.1, 0.15) is 187 Å². The molecule has 0 spiro atoms. The van der Waals surface area contributed by atoms with Gasteiger partial charge in [0.25, 0.3) is 0 Å². The van der Waals surface area contributed by atoms with Gasteiger partial charge in [-0.15, -0.1) is 0 Å². The second kappa shape index (κ2) is 27.9. The van der Waals surface area contributed by atoms with Crippen molar-refractivity contribution in [2.24, 2.45) is 0 Å². The number of hydrogen-bond acceptors (Lipinski definition) is 2. The molecule has 0 bridgehead atoms. The van der Waals surface area contributed by atoms with Gasteiger partial charge in [0.2, 0.25) is 0 Å². The summed E-state index contributed by atoms with van der Waals surface area (Å²) in [6.45, 7) is 4.54. The summed E-state index contributed by atoms with van der Waals surface area (Å²) >= 11 is 0. The second-order valence-corrected chi connectivity index (χ2v) is 10.7. The monoisotopic (exact) mass is 466 g/mol. The van der Waals surface area contributed by atoms with Crippen molar-refractivity contribution >= 4 is 5.78 Å². The molecular weight excluding hydrogens is 404 g/mol. The van der Waals surface area contributed by atoms with E-state index in [2.05, 4.69) is 13.8 Å². The SMILES string of the molecule is CCCCCCCCCCCCCCCC(=O)CCCCC[C@H](O)CCCCCCCCC. The molecule has 0 rings (SSSR count). The van der Waals surface area contributed by atoms with Crippen LogP contribution in [0.15, 0.2) is 0 Å². The standard InChI is InChI=1S/C31H62O2/c1-3-5-7-9-11-12-13-14-15-16-18-20-23-27-31(33)29-25-21-24-28-30(32)26-22-19-17-10-8-6-4-2/h30,32H,3-29H2,1-2H3/t30-/m1/s1. The molecule has 0 saturated heterocycles. The molecule has 1 N–H and O–H groups in total. The van der Waals surface area contributed by atoms with Crippen LogP contribution in [-0.2, 0) is 4.79 Å². The van der Waals surface area contributed by atoms with E-state index >= 15 is 0 Å². The van der Waals surface area contributed by atoms with E-state index in [-0.39, 0.29) is 6.10 Å². The lowest BCUT2D eigenvalue weighted by molar-refractivity contribution is -0.119. The Bertz CT molecular complexity index is 379. The van der Waals surface area contributed by atoms with Gasteiger partial charge >= 0.3 is 0 Å². The summed E-state index contributed by atoms with van der Waals surface area (Å²) in [5.74, 6) is 0.460. The minimum absolute atomic E-state index is 0.123. The molecule has 0 aromatic carbocycles. The van der Waals surface area contributed by atoms with Crippen LogP contribution in [0.25, 0.3) is 0 Å². The number of carbonyl (C=O) groups excluding carboxylic acids is 1. The quantitative estimate of drug-likeness (QED) is 0.116. The first-order valence-corrected chi connectivity index (χ1v) is 15.4. The van der Waals surface area contributed by atoms with Crippen molar-refractivity contribution in [3.63, 3.8) is 0 Å². The van der Waals surface area contributed by atoms with Crippen molar-refractivity contribution in [2.45, 2.75) is 193 Å². The fourth-order valence-corrected chi connectivity index (χ4v) is 4.83. The van der Waals surface area contributed by atoms with E-state index in [1.807, 2.05) is 0 Å². The zero-order valence-corrected chi connectivity index (χ0v) is 23.0. The number of Topliss-reactive ketones (excluding diaryl/α,β-unsaturated/α-hetero) is 1. The molecule has 2 heteroatoms. The van der Waals surface area contributed by atoms with Crippen LogP contribution < -0.4 is 0 Å². The lowest BCUT2D eigenvalue weighted by atomic mass is 10.0. The van der Waals surface area contributed by atoms with Gasteiger partial charge in [-0.25, -0.2) is 0 Å². The maximum atomic E-state index is 12.1. The fraction of sp³-hybridized carbons (Fsp3) is 0.968. The highest BCUT2D eigenvalue weighted by atomic mass is 16.3. The van der Waals surface area contributed by atoms with Gasteiger partial charge in [0.05, 0.1) is 6.10 Å². The molecule has 0 heterocycles. The third kappa shape index (κ3) is 27.8. The van der Waals surface area contributed by atoms with Gasteiger partial charge in [0.1, 0.15) is 5.78 Å². The molecule has 0 aliphatic carbocycles. The molecule has 0 aliphatic heterocycles. The van der Waals surface area contributed by atoms with Crippen LogP contribution in [0, 0.1) is 0 Å². The number of rotatable bonds is 28. The first-order chi connectivity index (χ1) is 16.2.